The lowest BCUT2D eigenvalue weighted by molar-refractivity contribution is -0.120. The summed E-state index contributed by atoms with van der Waals surface area (Å²) in [6.07, 6.45) is 1.79. The summed E-state index contributed by atoms with van der Waals surface area (Å²) in [6, 6.07) is 13.0. The minimum absolute atomic E-state index is 0.0744. The number of likely N-dealkylation sites (tertiary alicyclic amines) is 1. The molecule has 0 bridgehead atoms. The van der Waals surface area contributed by atoms with Gasteiger partial charge in [0.15, 0.2) is 0 Å². The summed E-state index contributed by atoms with van der Waals surface area (Å²) in [5.74, 6) is 0.204. The van der Waals surface area contributed by atoms with Crippen LogP contribution in [0.15, 0.2) is 48.2 Å². The van der Waals surface area contributed by atoms with E-state index < -0.39 is 0 Å². The van der Waals surface area contributed by atoms with Crippen molar-refractivity contribution < 1.29 is 19.4 Å². The van der Waals surface area contributed by atoms with E-state index in [0.717, 1.165) is 29.7 Å². The number of anilines is 1. The number of aliphatic hydroxyl groups excluding tert-OH is 1. The molecular weight excluding hydrogens is 404 g/mol. The molecule has 0 spiro atoms. The van der Waals surface area contributed by atoms with Gasteiger partial charge in [-0.2, -0.15) is 0 Å². The van der Waals surface area contributed by atoms with Gasteiger partial charge in [-0.05, 0) is 74.4 Å². The molecule has 2 heterocycles. The minimum atomic E-state index is -0.311. The smallest absolute Gasteiger partial charge is 0.282 e. The molecule has 0 saturated carbocycles. The number of imide groups is 1. The number of benzene rings is 2. The van der Waals surface area contributed by atoms with Crippen LogP contribution in [0.5, 0.6) is 5.75 Å². The Kier molecular flexibility index (Phi) is 6.33. The number of ether oxygens (including phenoxy) is 1. The van der Waals surface area contributed by atoms with Crippen LogP contribution in [0.3, 0.4) is 0 Å². The van der Waals surface area contributed by atoms with Gasteiger partial charge in [-0.15, -0.1) is 0 Å². The molecule has 2 amide bonds. The molecule has 2 aromatic rings. The van der Waals surface area contributed by atoms with Crippen LogP contribution in [0, 0.1) is 19.8 Å². The van der Waals surface area contributed by atoms with Crippen molar-refractivity contribution >= 4 is 23.1 Å². The minimum Gasteiger partial charge on any atom is -0.494 e. The predicted octanol–water partition coefficient (Wildman–Crippen LogP) is 3.69. The Morgan fingerprint density at radius 2 is 1.81 bits per heavy atom. The molecular formula is C26H30N2O4. The van der Waals surface area contributed by atoms with Crippen LogP contribution in [0.1, 0.15) is 36.5 Å². The number of aliphatic hydroxyl groups is 1. The number of carbonyl (C=O) groups is 2. The summed E-state index contributed by atoms with van der Waals surface area (Å²) in [5, 5.41) is 9.71. The monoisotopic (exact) mass is 434 g/mol. The highest BCUT2D eigenvalue weighted by molar-refractivity contribution is 6.45. The summed E-state index contributed by atoms with van der Waals surface area (Å²) in [5.41, 5.74) is 4.09. The number of hydrogen-bond acceptors (Lipinski definition) is 5. The van der Waals surface area contributed by atoms with Crippen LogP contribution < -0.4 is 9.64 Å². The van der Waals surface area contributed by atoms with Crippen LogP contribution in [-0.2, 0) is 9.59 Å². The maximum atomic E-state index is 13.7. The Hall–Kier alpha value is -3.12. The van der Waals surface area contributed by atoms with Crippen molar-refractivity contribution in [2.45, 2.75) is 33.6 Å². The zero-order valence-electron chi connectivity index (χ0n) is 18.9. The van der Waals surface area contributed by atoms with Gasteiger partial charge >= 0.3 is 0 Å². The van der Waals surface area contributed by atoms with E-state index in [4.69, 9.17) is 4.74 Å². The molecule has 2 aliphatic heterocycles. The molecule has 6 heteroatoms. The Labute approximate surface area is 189 Å². The lowest BCUT2D eigenvalue weighted by Gasteiger charge is -2.34. The lowest BCUT2D eigenvalue weighted by atomic mass is 9.97. The van der Waals surface area contributed by atoms with Gasteiger partial charge in [-0.25, -0.2) is 4.90 Å². The quantitative estimate of drug-likeness (QED) is 0.703. The van der Waals surface area contributed by atoms with Crippen LogP contribution >= 0.6 is 0 Å². The average Bonchev–Trinajstić information content (AvgIpc) is 3.06. The van der Waals surface area contributed by atoms with Crippen molar-refractivity contribution in [1.82, 2.24) is 4.90 Å². The highest BCUT2D eigenvalue weighted by atomic mass is 16.5. The number of hydrogen-bond donors (Lipinski definition) is 1. The maximum Gasteiger partial charge on any atom is 0.282 e. The fourth-order valence-corrected chi connectivity index (χ4v) is 4.57. The van der Waals surface area contributed by atoms with Gasteiger partial charge in [-0.3, -0.25) is 9.59 Å². The Balaban J connectivity index is 1.81. The molecule has 4 rings (SSSR count). The maximum absolute atomic E-state index is 13.7. The second-order valence-corrected chi connectivity index (χ2v) is 8.48. The SMILES string of the molecule is CCOc1ccc(C2=C(N3CCCC(CO)C3)C(=O)N(c3cccc(C)c3C)C2=O)cc1. The van der Waals surface area contributed by atoms with Crippen molar-refractivity contribution in [3.8, 4) is 5.75 Å². The van der Waals surface area contributed by atoms with Crippen molar-refractivity contribution in [3.63, 3.8) is 0 Å². The standard InChI is InChI=1S/C26H30N2O4/c1-4-32-21-12-10-20(11-13-21)23-24(27-14-6-8-19(15-27)16-29)26(31)28(25(23)30)22-9-5-7-17(2)18(22)3/h5,7,9-13,19,29H,4,6,8,14-16H2,1-3H3. The molecule has 1 atom stereocenters. The lowest BCUT2D eigenvalue weighted by Crippen LogP contribution is -2.40. The molecule has 1 unspecified atom stereocenters. The number of nitrogens with zero attached hydrogens (tertiary/aromatic N) is 2. The Morgan fingerprint density at radius 1 is 1.06 bits per heavy atom. The molecule has 6 nitrogen and oxygen atoms in total. The summed E-state index contributed by atoms with van der Waals surface area (Å²) >= 11 is 0. The highest BCUT2D eigenvalue weighted by Crippen LogP contribution is 2.38. The normalized spacial score (nSPS) is 19.2. The van der Waals surface area contributed by atoms with Crippen molar-refractivity contribution in [1.29, 1.82) is 0 Å². The molecule has 0 aromatic heterocycles. The molecule has 1 saturated heterocycles. The first-order chi connectivity index (χ1) is 15.5. The van der Waals surface area contributed by atoms with Crippen molar-refractivity contribution in [3.05, 3.63) is 64.9 Å². The Morgan fingerprint density at radius 3 is 2.50 bits per heavy atom. The van der Waals surface area contributed by atoms with Gasteiger partial charge in [0.05, 0.1) is 17.9 Å². The van der Waals surface area contributed by atoms with E-state index in [1.165, 1.54) is 4.90 Å². The fraction of sp³-hybridized carbons (Fsp3) is 0.385. The van der Waals surface area contributed by atoms with Gasteiger partial charge in [0.2, 0.25) is 0 Å². The summed E-state index contributed by atoms with van der Waals surface area (Å²) < 4.78 is 5.55. The first kappa shape index (κ1) is 22.1. The van der Waals surface area contributed by atoms with E-state index >= 15 is 0 Å². The third-order valence-corrected chi connectivity index (χ3v) is 6.42. The van der Waals surface area contributed by atoms with E-state index in [0.29, 0.717) is 42.2 Å². The second-order valence-electron chi connectivity index (χ2n) is 8.48. The van der Waals surface area contributed by atoms with Crippen LogP contribution in [0.25, 0.3) is 5.57 Å². The van der Waals surface area contributed by atoms with Gasteiger partial charge in [-0.1, -0.05) is 24.3 Å². The summed E-state index contributed by atoms with van der Waals surface area (Å²) in [6.45, 7) is 7.71. The van der Waals surface area contributed by atoms with E-state index in [-0.39, 0.29) is 24.3 Å². The zero-order chi connectivity index (χ0) is 22.8. The topological polar surface area (TPSA) is 70.1 Å². The number of piperidine rings is 1. The van der Waals surface area contributed by atoms with Gasteiger partial charge in [0.1, 0.15) is 11.4 Å². The number of rotatable bonds is 6. The Bertz CT molecular complexity index is 1060. The summed E-state index contributed by atoms with van der Waals surface area (Å²) in [4.78, 5) is 30.8. The zero-order valence-corrected chi connectivity index (χ0v) is 18.9. The third kappa shape index (κ3) is 3.91. The average molecular weight is 435 g/mol. The fourth-order valence-electron chi connectivity index (χ4n) is 4.57. The largest absolute Gasteiger partial charge is 0.494 e. The van der Waals surface area contributed by atoms with Crippen molar-refractivity contribution in [2.24, 2.45) is 5.92 Å². The highest BCUT2D eigenvalue weighted by Gasteiger charge is 2.43. The molecule has 2 aliphatic rings. The molecule has 0 radical (unpaired) electrons. The molecule has 1 fully saturated rings. The van der Waals surface area contributed by atoms with Crippen LogP contribution in [0.2, 0.25) is 0 Å². The van der Waals surface area contributed by atoms with Gasteiger partial charge in [0.25, 0.3) is 11.8 Å². The van der Waals surface area contributed by atoms with Gasteiger partial charge < -0.3 is 14.7 Å². The third-order valence-electron chi connectivity index (χ3n) is 6.42. The number of amides is 2. The van der Waals surface area contributed by atoms with Gasteiger partial charge in [0, 0.05) is 19.7 Å². The molecule has 2 aromatic carbocycles. The van der Waals surface area contributed by atoms with E-state index in [9.17, 15) is 14.7 Å². The predicted molar refractivity (Wildman–Crippen MR) is 124 cm³/mol. The van der Waals surface area contributed by atoms with E-state index in [2.05, 4.69) is 0 Å². The van der Waals surface area contributed by atoms with Crippen LogP contribution in [0.4, 0.5) is 5.69 Å². The molecule has 0 aliphatic carbocycles. The first-order valence-electron chi connectivity index (χ1n) is 11.2. The molecule has 32 heavy (non-hydrogen) atoms. The molecule has 1 N–H and O–H groups in total. The van der Waals surface area contributed by atoms with E-state index in [1.807, 2.05) is 68.1 Å². The second kappa shape index (κ2) is 9.17. The molecule has 168 valence electrons. The number of aryl methyl sites for hydroxylation is 1. The van der Waals surface area contributed by atoms with E-state index in [1.54, 1.807) is 0 Å². The first-order valence-corrected chi connectivity index (χ1v) is 11.2. The number of carbonyl (C=O) groups excluding carboxylic acids is 2. The van der Waals surface area contributed by atoms with Crippen LogP contribution in [-0.4, -0.2) is 48.1 Å². The van der Waals surface area contributed by atoms with Crippen molar-refractivity contribution in [2.75, 3.05) is 31.2 Å². The summed E-state index contributed by atoms with van der Waals surface area (Å²) in [7, 11) is 0.